The molecular weight excluding hydrogens is 321 g/mol. The first-order chi connectivity index (χ1) is 11.4. The summed E-state index contributed by atoms with van der Waals surface area (Å²) in [6.45, 7) is 4.92. The third kappa shape index (κ3) is 3.73. The molecule has 2 aromatic heterocycles. The van der Waals surface area contributed by atoms with Crippen LogP contribution < -0.4 is 15.5 Å². The molecule has 3 rings (SSSR count). The fraction of sp³-hybridized carbons (Fsp3) is 0.400. The van der Waals surface area contributed by atoms with Crippen molar-refractivity contribution in [2.45, 2.75) is 13.1 Å². The normalized spacial score (nSPS) is 15.4. The van der Waals surface area contributed by atoms with Gasteiger partial charge in [-0.2, -0.15) is 13.2 Å². The molecule has 0 aromatic carbocycles. The van der Waals surface area contributed by atoms with Gasteiger partial charge in [0.1, 0.15) is 5.82 Å². The van der Waals surface area contributed by atoms with Crippen molar-refractivity contribution in [3.05, 3.63) is 35.8 Å². The van der Waals surface area contributed by atoms with Crippen molar-refractivity contribution in [1.29, 1.82) is 0 Å². The van der Waals surface area contributed by atoms with Crippen LogP contribution in [0.1, 0.15) is 11.3 Å². The molecule has 0 unspecified atom stereocenters. The predicted octanol–water partition coefficient (Wildman–Crippen LogP) is 2.35. The van der Waals surface area contributed by atoms with Gasteiger partial charge >= 0.3 is 6.18 Å². The maximum atomic E-state index is 12.7. The standard InChI is InChI=1S/C15H17F3N6/c1-10-12(15(16,17)18)9-21-14(22-10)23-11-2-3-13(20-8-11)24-6-4-19-5-7-24/h2-3,8-9,19H,4-7H2,1H3,(H,21,22,23). The zero-order valence-electron chi connectivity index (χ0n) is 13.1. The molecule has 0 radical (unpaired) electrons. The Labute approximate surface area is 137 Å². The predicted molar refractivity (Wildman–Crippen MR) is 84.4 cm³/mol. The van der Waals surface area contributed by atoms with Crippen LogP contribution in [-0.2, 0) is 6.18 Å². The second kappa shape index (κ2) is 6.60. The number of pyridine rings is 1. The minimum absolute atomic E-state index is 0.109. The average Bonchev–Trinajstić information content (AvgIpc) is 2.55. The zero-order chi connectivity index (χ0) is 17.2. The van der Waals surface area contributed by atoms with Crippen LogP contribution in [0.3, 0.4) is 0 Å². The second-order valence-corrected chi connectivity index (χ2v) is 5.46. The summed E-state index contributed by atoms with van der Waals surface area (Å²) in [5.41, 5.74) is -0.335. The number of anilines is 3. The van der Waals surface area contributed by atoms with E-state index in [1.54, 1.807) is 12.3 Å². The van der Waals surface area contributed by atoms with Crippen molar-refractivity contribution in [2.75, 3.05) is 36.4 Å². The van der Waals surface area contributed by atoms with E-state index in [2.05, 4.69) is 30.5 Å². The first-order valence-electron chi connectivity index (χ1n) is 7.53. The molecule has 128 valence electrons. The summed E-state index contributed by atoms with van der Waals surface area (Å²) in [6, 6.07) is 3.67. The lowest BCUT2D eigenvalue weighted by Crippen LogP contribution is -2.43. The lowest BCUT2D eigenvalue weighted by Gasteiger charge is -2.28. The number of rotatable bonds is 3. The average molecular weight is 338 g/mol. The number of aryl methyl sites for hydroxylation is 1. The van der Waals surface area contributed by atoms with Gasteiger partial charge in [0.15, 0.2) is 0 Å². The van der Waals surface area contributed by atoms with E-state index >= 15 is 0 Å². The SMILES string of the molecule is Cc1nc(Nc2ccc(N3CCNCC3)nc2)ncc1C(F)(F)F. The van der Waals surface area contributed by atoms with E-state index in [9.17, 15) is 13.2 Å². The van der Waals surface area contributed by atoms with Gasteiger partial charge in [-0.3, -0.25) is 0 Å². The molecule has 1 saturated heterocycles. The Kier molecular flexibility index (Phi) is 4.52. The number of nitrogens with one attached hydrogen (secondary N) is 2. The summed E-state index contributed by atoms with van der Waals surface area (Å²) in [7, 11) is 0. The largest absolute Gasteiger partial charge is 0.419 e. The summed E-state index contributed by atoms with van der Waals surface area (Å²) < 4.78 is 38.1. The van der Waals surface area contributed by atoms with Crippen LogP contribution >= 0.6 is 0 Å². The van der Waals surface area contributed by atoms with Gasteiger partial charge in [-0.1, -0.05) is 0 Å². The molecule has 2 aromatic rings. The topological polar surface area (TPSA) is 66.0 Å². The molecule has 9 heteroatoms. The number of piperazine rings is 1. The molecule has 0 spiro atoms. The number of hydrogen-bond donors (Lipinski definition) is 2. The summed E-state index contributed by atoms with van der Waals surface area (Å²) in [5.74, 6) is 0.976. The Bertz CT molecular complexity index is 695. The molecule has 1 fully saturated rings. The highest BCUT2D eigenvalue weighted by atomic mass is 19.4. The van der Waals surface area contributed by atoms with Gasteiger partial charge in [-0.05, 0) is 19.1 Å². The van der Waals surface area contributed by atoms with E-state index in [4.69, 9.17) is 0 Å². The van der Waals surface area contributed by atoms with Crippen molar-refractivity contribution in [2.24, 2.45) is 0 Å². The fourth-order valence-electron chi connectivity index (χ4n) is 2.48. The molecule has 3 heterocycles. The van der Waals surface area contributed by atoms with E-state index in [1.165, 1.54) is 6.92 Å². The minimum atomic E-state index is -4.45. The molecule has 2 N–H and O–H groups in total. The van der Waals surface area contributed by atoms with Gasteiger partial charge in [0.05, 0.1) is 23.1 Å². The first kappa shape index (κ1) is 16.4. The van der Waals surface area contributed by atoms with E-state index < -0.39 is 11.7 Å². The molecule has 6 nitrogen and oxygen atoms in total. The van der Waals surface area contributed by atoms with Crippen molar-refractivity contribution in [1.82, 2.24) is 20.3 Å². The smallest absolute Gasteiger partial charge is 0.354 e. The van der Waals surface area contributed by atoms with Crippen LogP contribution in [0.2, 0.25) is 0 Å². The van der Waals surface area contributed by atoms with E-state index in [1.807, 2.05) is 6.07 Å². The Hall–Kier alpha value is -2.42. The van der Waals surface area contributed by atoms with Crippen LogP contribution in [0.15, 0.2) is 24.5 Å². The van der Waals surface area contributed by atoms with Crippen LogP contribution in [0.5, 0.6) is 0 Å². The highest BCUT2D eigenvalue weighted by Crippen LogP contribution is 2.31. The molecule has 0 aliphatic carbocycles. The molecule has 1 aliphatic heterocycles. The van der Waals surface area contributed by atoms with Gasteiger partial charge < -0.3 is 15.5 Å². The van der Waals surface area contributed by atoms with E-state index in [0.717, 1.165) is 38.2 Å². The van der Waals surface area contributed by atoms with Crippen molar-refractivity contribution < 1.29 is 13.2 Å². The molecule has 0 bridgehead atoms. The van der Waals surface area contributed by atoms with Crippen LogP contribution in [0.25, 0.3) is 0 Å². The maximum absolute atomic E-state index is 12.7. The summed E-state index contributed by atoms with van der Waals surface area (Å²) in [6.07, 6.45) is -2.05. The molecule has 0 saturated carbocycles. The number of alkyl halides is 3. The Balaban J connectivity index is 1.71. The maximum Gasteiger partial charge on any atom is 0.419 e. The Morgan fingerprint density at radius 3 is 2.46 bits per heavy atom. The number of hydrogen-bond acceptors (Lipinski definition) is 6. The lowest BCUT2D eigenvalue weighted by atomic mass is 10.2. The summed E-state index contributed by atoms with van der Waals surface area (Å²) >= 11 is 0. The minimum Gasteiger partial charge on any atom is -0.354 e. The van der Waals surface area contributed by atoms with E-state index in [0.29, 0.717) is 5.69 Å². The molecule has 0 amide bonds. The summed E-state index contributed by atoms with van der Waals surface area (Å²) in [4.78, 5) is 14.1. The quantitative estimate of drug-likeness (QED) is 0.896. The van der Waals surface area contributed by atoms with Crippen molar-refractivity contribution in [3.8, 4) is 0 Å². The summed E-state index contributed by atoms with van der Waals surface area (Å²) in [5, 5.41) is 6.14. The Morgan fingerprint density at radius 2 is 1.88 bits per heavy atom. The first-order valence-corrected chi connectivity index (χ1v) is 7.53. The fourth-order valence-corrected chi connectivity index (χ4v) is 2.48. The highest BCUT2D eigenvalue weighted by Gasteiger charge is 2.33. The van der Waals surface area contributed by atoms with Crippen molar-refractivity contribution >= 4 is 17.5 Å². The third-order valence-electron chi connectivity index (χ3n) is 3.73. The molecule has 0 atom stereocenters. The van der Waals surface area contributed by atoms with Gasteiger partial charge in [-0.15, -0.1) is 0 Å². The third-order valence-corrected chi connectivity index (χ3v) is 3.73. The zero-order valence-corrected chi connectivity index (χ0v) is 13.1. The van der Waals surface area contributed by atoms with Crippen LogP contribution in [0.4, 0.5) is 30.6 Å². The number of aromatic nitrogens is 3. The van der Waals surface area contributed by atoms with Crippen molar-refractivity contribution in [3.63, 3.8) is 0 Å². The second-order valence-electron chi connectivity index (χ2n) is 5.46. The number of halogens is 3. The highest BCUT2D eigenvalue weighted by molar-refractivity contribution is 5.55. The monoisotopic (exact) mass is 338 g/mol. The molecular formula is C15H17F3N6. The Morgan fingerprint density at radius 1 is 1.12 bits per heavy atom. The van der Waals surface area contributed by atoms with Gasteiger partial charge in [0, 0.05) is 32.4 Å². The van der Waals surface area contributed by atoms with Gasteiger partial charge in [-0.25, -0.2) is 15.0 Å². The van der Waals surface area contributed by atoms with Gasteiger partial charge in [0.2, 0.25) is 5.95 Å². The van der Waals surface area contributed by atoms with Crippen LogP contribution in [0, 0.1) is 6.92 Å². The number of nitrogens with zero attached hydrogens (tertiary/aromatic N) is 4. The van der Waals surface area contributed by atoms with Gasteiger partial charge in [0.25, 0.3) is 0 Å². The molecule has 1 aliphatic rings. The lowest BCUT2D eigenvalue weighted by molar-refractivity contribution is -0.138. The van der Waals surface area contributed by atoms with E-state index in [-0.39, 0.29) is 11.6 Å². The van der Waals surface area contributed by atoms with Crippen LogP contribution in [-0.4, -0.2) is 41.1 Å². The molecule has 24 heavy (non-hydrogen) atoms.